The van der Waals surface area contributed by atoms with E-state index in [9.17, 15) is 9.65 Å². The molecule has 0 radical (unpaired) electrons. The predicted molar refractivity (Wildman–Crippen MR) is 108 cm³/mol. The molecule has 2 heterocycles. The van der Waals surface area contributed by atoms with E-state index in [4.69, 9.17) is 4.74 Å². The van der Waals surface area contributed by atoms with Crippen molar-refractivity contribution in [2.75, 3.05) is 19.6 Å². The standard InChI is InChI=1S/C23H24FN3O/c24-19-6-8-20(9-7-19)28-21-10-14-26(15-11-21)12-3-13-27-17-18(16-25)22-4-1-2-5-23(22)27/h1-2,4-9,17,21H,3,10-15H2. The third-order valence-electron chi connectivity index (χ3n) is 5.43. The fraction of sp³-hybridized carbons (Fsp3) is 0.348. The quantitative estimate of drug-likeness (QED) is 0.631. The lowest BCUT2D eigenvalue weighted by molar-refractivity contribution is 0.0992. The number of nitrogens with zero attached hydrogens (tertiary/aromatic N) is 3. The van der Waals surface area contributed by atoms with Crippen LogP contribution in [-0.2, 0) is 6.54 Å². The molecule has 0 aliphatic carbocycles. The topological polar surface area (TPSA) is 41.2 Å². The number of aromatic nitrogens is 1. The van der Waals surface area contributed by atoms with Gasteiger partial charge in [0.05, 0.1) is 5.56 Å². The van der Waals surface area contributed by atoms with Gasteiger partial charge in [0.15, 0.2) is 0 Å². The molecule has 0 N–H and O–H groups in total. The summed E-state index contributed by atoms with van der Waals surface area (Å²) in [6.45, 7) is 3.98. The Labute approximate surface area is 164 Å². The fourth-order valence-electron chi connectivity index (χ4n) is 3.94. The fourth-order valence-corrected chi connectivity index (χ4v) is 3.94. The summed E-state index contributed by atoms with van der Waals surface area (Å²) in [5.41, 5.74) is 1.87. The molecule has 0 amide bonds. The maximum absolute atomic E-state index is 13.0. The predicted octanol–water partition coefficient (Wildman–Crippen LogP) is 4.59. The van der Waals surface area contributed by atoms with Crippen molar-refractivity contribution in [3.05, 3.63) is 66.1 Å². The SMILES string of the molecule is N#Cc1cn(CCCN2CCC(Oc3ccc(F)cc3)CC2)c2ccccc12. The van der Waals surface area contributed by atoms with Crippen molar-refractivity contribution >= 4 is 10.9 Å². The second kappa shape index (κ2) is 8.45. The van der Waals surface area contributed by atoms with Crippen LogP contribution in [0.2, 0.25) is 0 Å². The van der Waals surface area contributed by atoms with Gasteiger partial charge in [-0.2, -0.15) is 5.26 Å². The van der Waals surface area contributed by atoms with E-state index in [1.807, 2.05) is 24.4 Å². The van der Waals surface area contributed by atoms with Gasteiger partial charge in [-0.05, 0) is 56.1 Å². The molecule has 1 aromatic heterocycles. The van der Waals surface area contributed by atoms with Gasteiger partial charge in [0.2, 0.25) is 0 Å². The second-order valence-corrected chi connectivity index (χ2v) is 7.33. The van der Waals surface area contributed by atoms with Crippen molar-refractivity contribution in [3.8, 4) is 11.8 Å². The molecule has 2 aromatic carbocycles. The number of piperidine rings is 1. The molecule has 0 atom stereocenters. The molecule has 0 saturated carbocycles. The summed E-state index contributed by atoms with van der Waals surface area (Å²) >= 11 is 0. The van der Waals surface area contributed by atoms with Crippen molar-refractivity contribution in [1.82, 2.24) is 9.47 Å². The van der Waals surface area contributed by atoms with Crippen molar-refractivity contribution in [3.63, 3.8) is 0 Å². The summed E-state index contributed by atoms with van der Waals surface area (Å²) in [6, 6.07) is 16.6. The van der Waals surface area contributed by atoms with Crippen LogP contribution in [0.15, 0.2) is 54.7 Å². The lowest BCUT2D eigenvalue weighted by Crippen LogP contribution is -2.38. The van der Waals surface area contributed by atoms with E-state index in [1.165, 1.54) is 12.1 Å². The van der Waals surface area contributed by atoms with Crippen LogP contribution in [0, 0.1) is 17.1 Å². The number of hydrogen-bond donors (Lipinski definition) is 0. The molecule has 4 rings (SSSR count). The highest BCUT2D eigenvalue weighted by Crippen LogP contribution is 2.22. The van der Waals surface area contributed by atoms with Crippen molar-refractivity contribution in [2.24, 2.45) is 0 Å². The zero-order valence-electron chi connectivity index (χ0n) is 15.9. The van der Waals surface area contributed by atoms with Gasteiger partial charge < -0.3 is 14.2 Å². The maximum atomic E-state index is 13.0. The second-order valence-electron chi connectivity index (χ2n) is 7.33. The van der Waals surface area contributed by atoms with Gasteiger partial charge >= 0.3 is 0 Å². The number of halogens is 1. The van der Waals surface area contributed by atoms with Gasteiger partial charge in [-0.1, -0.05) is 18.2 Å². The molecular formula is C23H24FN3O. The van der Waals surface area contributed by atoms with Gasteiger partial charge in [-0.3, -0.25) is 0 Å². The Morgan fingerprint density at radius 3 is 2.54 bits per heavy atom. The summed E-state index contributed by atoms with van der Waals surface area (Å²) in [6.07, 6.45) is 5.19. The smallest absolute Gasteiger partial charge is 0.123 e. The molecule has 1 aliphatic rings. The first-order chi connectivity index (χ1) is 13.7. The van der Waals surface area contributed by atoms with Crippen LogP contribution >= 0.6 is 0 Å². The zero-order chi connectivity index (χ0) is 19.3. The molecule has 0 unspecified atom stereocenters. The Balaban J connectivity index is 1.25. The number of nitriles is 1. The van der Waals surface area contributed by atoms with Gasteiger partial charge in [0.25, 0.3) is 0 Å². The van der Waals surface area contributed by atoms with Crippen LogP contribution in [0.1, 0.15) is 24.8 Å². The summed E-state index contributed by atoms with van der Waals surface area (Å²) in [7, 11) is 0. The van der Waals surface area contributed by atoms with Crippen molar-refractivity contribution < 1.29 is 9.13 Å². The van der Waals surface area contributed by atoms with E-state index in [0.29, 0.717) is 0 Å². The molecule has 144 valence electrons. The number of likely N-dealkylation sites (tertiary alicyclic amines) is 1. The van der Waals surface area contributed by atoms with E-state index in [1.54, 1.807) is 12.1 Å². The number of rotatable bonds is 6. The van der Waals surface area contributed by atoms with Gasteiger partial charge in [-0.25, -0.2) is 4.39 Å². The molecular weight excluding hydrogens is 353 g/mol. The molecule has 0 spiro atoms. The van der Waals surface area contributed by atoms with E-state index in [-0.39, 0.29) is 11.9 Å². The average Bonchev–Trinajstić information content (AvgIpc) is 3.09. The Morgan fingerprint density at radius 1 is 1.04 bits per heavy atom. The number of benzene rings is 2. The highest BCUT2D eigenvalue weighted by molar-refractivity contribution is 5.86. The largest absolute Gasteiger partial charge is 0.490 e. The molecule has 5 heteroatoms. The zero-order valence-corrected chi connectivity index (χ0v) is 15.9. The van der Waals surface area contributed by atoms with Gasteiger partial charge in [0, 0.05) is 36.7 Å². The molecule has 4 nitrogen and oxygen atoms in total. The van der Waals surface area contributed by atoms with E-state index < -0.39 is 0 Å². The molecule has 1 saturated heterocycles. The van der Waals surface area contributed by atoms with E-state index in [2.05, 4.69) is 21.6 Å². The normalized spacial score (nSPS) is 15.6. The monoisotopic (exact) mass is 377 g/mol. The van der Waals surface area contributed by atoms with E-state index >= 15 is 0 Å². The molecule has 0 bridgehead atoms. The molecule has 3 aromatic rings. The van der Waals surface area contributed by atoms with Crippen LogP contribution in [-0.4, -0.2) is 35.2 Å². The third-order valence-corrected chi connectivity index (χ3v) is 5.43. The number of para-hydroxylation sites is 1. The lowest BCUT2D eigenvalue weighted by Gasteiger charge is -2.32. The van der Waals surface area contributed by atoms with Crippen LogP contribution < -0.4 is 4.74 Å². The maximum Gasteiger partial charge on any atom is 0.123 e. The van der Waals surface area contributed by atoms with Crippen LogP contribution in [0.25, 0.3) is 10.9 Å². The minimum Gasteiger partial charge on any atom is -0.490 e. The summed E-state index contributed by atoms with van der Waals surface area (Å²) in [5.74, 6) is 0.507. The van der Waals surface area contributed by atoms with E-state index in [0.717, 1.165) is 67.7 Å². The first-order valence-electron chi connectivity index (χ1n) is 9.85. The Morgan fingerprint density at radius 2 is 1.79 bits per heavy atom. The number of hydrogen-bond acceptors (Lipinski definition) is 3. The number of aryl methyl sites for hydroxylation is 1. The third kappa shape index (κ3) is 4.18. The molecule has 28 heavy (non-hydrogen) atoms. The molecule has 1 aliphatic heterocycles. The number of ether oxygens (including phenoxy) is 1. The van der Waals surface area contributed by atoms with Crippen molar-refractivity contribution in [1.29, 1.82) is 5.26 Å². The van der Waals surface area contributed by atoms with Gasteiger partial charge in [0.1, 0.15) is 23.7 Å². The lowest BCUT2D eigenvalue weighted by atomic mass is 10.1. The summed E-state index contributed by atoms with van der Waals surface area (Å²) in [4.78, 5) is 2.47. The first-order valence-corrected chi connectivity index (χ1v) is 9.85. The highest BCUT2D eigenvalue weighted by atomic mass is 19.1. The van der Waals surface area contributed by atoms with Crippen LogP contribution in [0.4, 0.5) is 4.39 Å². The summed E-state index contributed by atoms with van der Waals surface area (Å²) < 4.78 is 21.1. The Bertz CT molecular complexity index is 966. The van der Waals surface area contributed by atoms with Crippen LogP contribution in [0.3, 0.4) is 0 Å². The van der Waals surface area contributed by atoms with Crippen LogP contribution in [0.5, 0.6) is 5.75 Å². The summed E-state index contributed by atoms with van der Waals surface area (Å²) in [5, 5.41) is 10.4. The average molecular weight is 377 g/mol. The minimum atomic E-state index is -0.237. The highest BCUT2D eigenvalue weighted by Gasteiger charge is 2.20. The Hall–Kier alpha value is -2.84. The minimum absolute atomic E-state index is 0.202. The molecule has 1 fully saturated rings. The number of fused-ring (bicyclic) bond motifs is 1. The first kappa shape index (κ1) is 18.5. The Kier molecular flexibility index (Phi) is 5.59. The van der Waals surface area contributed by atoms with Crippen molar-refractivity contribution in [2.45, 2.75) is 31.9 Å². The van der Waals surface area contributed by atoms with Gasteiger partial charge in [-0.15, -0.1) is 0 Å².